The number of aromatic hydroxyl groups is 1. The molecule has 2 aromatic heterocycles. The third kappa shape index (κ3) is 4.23. The molecule has 0 fully saturated rings. The lowest BCUT2D eigenvalue weighted by molar-refractivity contribution is 0.285. The number of methoxy groups -OCH3 is 1. The number of imidazole rings is 1. The molecule has 0 saturated heterocycles. The first-order valence-electron chi connectivity index (χ1n) is 10.6. The van der Waals surface area contributed by atoms with E-state index in [1.54, 1.807) is 31.8 Å². The van der Waals surface area contributed by atoms with Gasteiger partial charge in [-0.25, -0.2) is 9.97 Å². The molecule has 0 spiro atoms. The standard InChI is InChI=1S/C27H23N3O3/c1-32-25-15-20(16-30-18-29-23-11-7-13-28-27(23)30)14-22(21-10-5-6-12-24(21)31)26(25)33-17-19-8-3-2-4-9-19/h2-15,18,31H,16-17H2,1H3. The van der Waals surface area contributed by atoms with E-state index >= 15 is 0 Å². The highest BCUT2D eigenvalue weighted by atomic mass is 16.5. The Bertz CT molecular complexity index is 1400. The number of pyridine rings is 1. The molecule has 0 unspecified atom stereocenters. The first kappa shape index (κ1) is 20.6. The van der Waals surface area contributed by atoms with E-state index in [9.17, 15) is 5.11 Å². The summed E-state index contributed by atoms with van der Waals surface area (Å²) in [6.45, 7) is 0.927. The zero-order valence-electron chi connectivity index (χ0n) is 18.2. The summed E-state index contributed by atoms with van der Waals surface area (Å²) in [4.78, 5) is 8.90. The third-order valence-corrected chi connectivity index (χ3v) is 5.48. The predicted octanol–water partition coefficient (Wildman–Crippen LogP) is 5.44. The van der Waals surface area contributed by atoms with Crippen LogP contribution in [0.15, 0.2) is 91.4 Å². The Kier molecular flexibility index (Phi) is 5.64. The average Bonchev–Trinajstić information content (AvgIpc) is 3.26. The van der Waals surface area contributed by atoms with Crippen molar-refractivity contribution in [2.45, 2.75) is 13.2 Å². The first-order chi connectivity index (χ1) is 16.2. The fourth-order valence-corrected chi connectivity index (χ4v) is 3.89. The van der Waals surface area contributed by atoms with Crippen LogP contribution < -0.4 is 9.47 Å². The van der Waals surface area contributed by atoms with Crippen molar-refractivity contribution in [3.8, 4) is 28.4 Å². The molecule has 0 saturated carbocycles. The van der Waals surface area contributed by atoms with Gasteiger partial charge >= 0.3 is 0 Å². The van der Waals surface area contributed by atoms with E-state index in [1.807, 2.05) is 71.3 Å². The molecule has 0 bridgehead atoms. The molecule has 6 heteroatoms. The predicted molar refractivity (Wildman–Crippen MR) is 127 cm³/mol. The smallest absolute Gasteiger partial charge is 0.169 e. The van der Waals surface area contributed by atoms with Gasteiger partial charge in [-0.05, 0) is 41.5 Å². The van der Waals surface area contributed by atoms with Gasteiger partial charge in [-0.2, -0.15) is 0 Å². The van der Waals surface area contributed by atoms with Gasteiger partial charge in [0.15, 0.2) is 17.1 Å². The van der Waals surface area contributed by atoms with E-state index in [2.05, 4.69) is 9.97 Å². The van der Waals surface area contributed by atoms with E-state index in [4.69, 9.17) is 9.47 Å². The van der Waals surface area contributed by atoms with Crippen LogP contribution in [0.25, 0.3) is 22.3 Å². The highest BCUT2D eigenvalue weighted by molar-refractivity contribution is 5.79. The lowest BCUT2D eigenvalue weighted by Gasteiger charge is -2.18. The van der Waals surface area contributed by atoms with Gasteiger partial charge in [0.05, 0.1) is 20.0 Å². The quantitative estimate of drug-likeness (QED) is 0.367. The summed E-state index contributed by atoms with van der Waals surface area (Å²) in [5.74, 6) is 1.36. The summed E-state index contributed by atoms with van der Waals surface area (Å²) in [6, 6.07) is 25.0. The maximum atomic E-state index is 10.6. The van der Waals surface area contributed by atoms with Crippen molar-refractivity contribution in [3.63, 3.8) is 0 Å². The van der Waals surface area contributed by atoms with Crippen LogP contribution in [0.1, 0.15) is 11.1 Å². The van der Waals surface area contributed by atoms with Crippen molar-refractivity contribution in [3.05, 3.63) is 103 Å². The van der Waals surface area contributed by atoms with E-state index in [0.29, 0.717) is 30.2 Å². The van der Waals surface area contributed by atoms with Crippen molar-refractivity contribution in [2.75, 3.05) is 7.11 Å². The second-order valence-electron chi connectivity index (χ2n) is 7.68. The second-order valence-corrected chi connectivity index (χ2v) is 7.68. The zero-order valence-corrected chi connectivity index (χ0v) is 18.2. The van der Waals surface area contributed by atoms with Crippen molar-refractivity contribution in [2.24, 2.45) is 0 Å². The molecule has 0 atom stereocenters. The molecule has 0 amide bonds. The van der Waals surface area contributed by atoms with Crippen LogP contribution in [0.5, 0.6) is 17.2 Å². The highest BCUT2D eigenvalue weighted by Crippen LogP contribution is 2.43. The number of hydrogen-bond donors (Lipinski definition) is 1. The van der Waals surface area contributed by atoms with Gasteiger partial charge in [-0.15, -0.1) is 0 Å². The number of hydrogen-bond acceptors (Lipinski definition) is 5. The Morgan fingerprint density at radius 1 is 0.848 bits per heavy atom. The maximum Gasteiger partial charge on any atom is 0.169 e. The fourth-order valence-electron chi connectivity index (χ4n) is 3.89. The van der Waals surface area contributed by atoms with E-state index in [0.717, 1.165) is 27.9 Å². The minimum absolute atomic E-state index is 0.177. The highest BCUT2D eigenvalue weighted by Gasteiger charge is 2.18. The minimum Gasteiger partial charge on any atom is -0.507 e. The normalized spacial score (nSPS) is 10.9. The number of ether oxygens (including phenoxy) is 2. The van der Waals surface area contributed by atoms with Crippen LogP contribution >= 0.6 is 0 Å². The van der Waals surface area contributed by atoms with E-state index in [-0.39, 0.29) is 5.75 Å². The largest absolute Gasteiger partial charge is 0.507 e. The van der Waals surface area contributed by atoms with Gasteiger partial charge in [0.25, 0.3) is 0 Å². The van der Waals surface area contributed by atoms with Gasteiger partial charge < -0.3 is 19.1 Å². The fraction of sp³-hybridized carbons (Fsp3) is 0.111. The second kappa shape index (κ2) is 9.04. The molecule has 0 aliphatic rings. The van der Waals surface area contributed by atoms with Crippen molar-refractivity contribution in [1.82, 2.24) is 14.5 Å². The molecule has 1 N–H and O–H groups in total. The maximum absolute atomic E-state index is 10.6. The molecule has 164 valence electrons. The lowest BCUT2D eigenvalue weighted by atomic mass is 10.00. The van der Waals surface area contributed by atoms with Crippen LogP contribution in [-0.4, -0.2) is 26.8 Å². The Labute approximate surface area is 191 Å². The topological polar surface area (TPSA) is 69.4 Å². The molecule has 6 nitrogen and oxygen atoms in total. The number of phenols is 1. The molecule has 33 heavy (non-hydrogen) atoms. The summed E-state index contributed by atoms with van der Waals surface area (Å²) in [7, 11) is 1.62. The number of fused-ring (bicyclic) bond motifs is 1. The van der Waals surface area contributed by atoms with Crippen LogP contribution in [0.4, 0.5) is 0 Å². The molecule has 0 aliphatic carbocycles. The summed E-state index contributed by atoms with van der Waals surface area (Å²) < 4.78 is 14.0. The Balaban J connectivity index is 1.58. The van der Waals surface area contributed by atoms with Crippen LogP contribution in [-0.2, 0) is 13.2 Å². The number of para-hydroxylation sites is 1. The first-order valence-corrected chi connectivity index (χ1v) is 10.6. The summed E-state index contributed by atoms with van der Waals surface area (Å²) in [6.07, 6.45) is 3.54. The molecule has 0 radical (unpaired) electrons. The molecule has 5 rings (SSSR count). The van der Waals surface area contributed by atoms with Gasteiger partial charge in [-0.1, -0.05) is 48.5 Å². The van der Waals surface area contributed by atoms with E-state index in [1.165, 1.54) is 0 Å². The van der Waals surface area contributed by atoms with Crippen molar-refractivity contribution in [1.29, 1.82) is 0 Å². The lowest BCUT2D eigenvalue weighted by Crippen LogP contribution is -2.04. The monoisotopic (exact) mass is 437 g/mol. The number of benzene rings is 3. The summed E-state index contributed by atoms with van der Waals surface area (Å²) in [5, 5.41) is 10.6. The van der Waals surface area contributed by atoms with Crippen molar-refractivity contribution >= 4 is 11.2 Å². The van der Waals surface area contributed by atoms with Crippen molar-refractivity contribution < 1.29 is 14.6 Å². The van der Waals surface area contributed by atoms with Gasteiger partial charge in [0, 0.05) is 17.3 Å². The Morgan fingerprint density at radius 2 is 1.67 bits per heavy atom. The summed E-state index contributed by atoms with van der Waals surface area (Å²) in [5.41, 5.74) is 5.10. The number of rotatable bonds is 7. The molecule has 3 aromatic carbocycles. The number of aromatic nitrogens is 3. The molecule has 0 aliphatic heterocycles. The number of nitrogens with zero attached hydrogens (tertiary/aromatic N) is 3. The minimum atomic E-state index is 0.177. The van der Waals surface area contributed by atoms with Gasteiger partial charge in [0.2, 0.25) is 0 Å². The zero-order chi connectivity index (χ0) is 22.6. The van der Waals surface area contributed by atoms with Gasteiger partial charge in [0.1, 0.15) is 17.9 Å². The molecular weight excluding hydrogens is 414 g/mol. The van der Waals surface area contributed by atoms with E-state index < -0.39 is 0 Å². The molecule has 2 heterocycles. The Morgan fingerprint density at radius 3 is 2.48 bits per heavy atom. The molecular formula is C27H23N3O3. The molecule has 5 aromatic rings. The van der Waals surface area contributed by atoms with Crippen LogP contribution in [0, 0.1) is 0 Å². The van der Waals surface area contributed by atoms with Crippen LogP contribution in [0.3, 0.4) is 0 Å². The SMILES string of the molecule is COc1cc(Cn2cnc3cccnc32)cc(-c2ccccc2O)c1OCc1ccccc1. The van der Waals surface area contributed by atoms with Crippen LogP contribution in [0.2, 0.25) is 0 Å². The van der Waals surface area contributed by atoms with Gasteiger partial charge in [-0.3, -0.25) is 0 Å². The third-order valence-electron chi connectivity index (χ3n) is 5.48. The number of phenolic OH excluding ortho intramolecular Hbond substituents is 1. The Hall–Kier alpha value is -4.32. The summed E-state index contributed by atoms with van der Waals surface area (Å²) >= 11 is 0. The average molecular weight is 437 g/mol.